The molecule has 620 valence electrons. The van der Waals surface area contributed by atoms with E-state index in [1.54, 1.807) is 39.8 Å². The van der Waals surface area contributed by atoms with Crippen LogP contribution in [-0.2, 0) is 57.5 Å². The quantitative estimate of drug-likeness (QED) is 0.135. The van der Waals surface area contributed by atoms with Gasteiger partial charge < -0.3 is 60.0 Å². The Balaban J connectivity index is 1.21. The van der Waals surface area contributed by atoms with Crippen LogP contribution in [0.15, 0.2) is 12.2 Å². The Morgan fingerprint density at radius 3 is 1.76 bits per heavy atom. The van der Waals surface area contributed by atoms with Gasteiger partial charge in [0.1, 0.15) is 72.1 Å². The molecule has 0 radical (unpaired) electrons. The zero-order valence-electron chi connectivity index (χ0n) is 65.5. The molecule has 0 aromatic carbocycles. The van der Waals surface area contributed by atoms with Gasteiger partial charge in [0.2, 0.25) is 70.9 Å². The number of hydrogen-bond donors (Lipinski definition) is 3. The predicted octanol–water partition coefficient (Wildman–Crippen LogP) is 7.36. The minimum absolute atomic E-state index is 0.0451. The standard InChI is InChI=1S/C76H114F10N12O12/c1-13-43(2)61-69(108)92(8)39-59(101)93(9)52-24-15-14-18-31-97(68(52)107)55(35-45-25-28-48(29-26-45)75(81,82)83)67(106)91(7)38-57(99)87-51(30-27-46-32-49(77)60(50(78)33-46)76(84,85)86)65(104)98-42-74(79,80)37-56(98)64(103)89-73(40-72(3,4)41-73)71(110)96(12)62(47-22-16-17-23-47)70(109)95(11)54(66(105)90(5)6)36-58(100)94(10)53(63(102)88-61)34-44-20-19-21-44/h14-15,43-56,60-62H,13,16-42H2,1-12H3,(H,87,99)(H,88,102)(H,89,103)/b15-14-/t43-,45?,46?,48?,49?,50?,51-,52-,53-,54-,55-,56-,60?,61-,62-/m0/s1. The van der Waals surface area contributed by atoms with Gasteiger partial charge in [-0.1, -0.05) is 78.4 Å². The SMILES string of the molecule is CC[C@H](C)[C@@H]1NC(=O)[C@H](CC2CCC2)N(C)C(=O)C[C@@H](C(=O)N(C)C)N(C)C(=O)[C@H](C2CCCC2)N(C)C(=O)C2(CC(C)(C)C2)NC(=O)[C@@H]2CC(F)(F)CN2C(=O)[C@H](CCC2CC(F)C(C(F)(F)F)C(F)C2)NC(=O)CN(C)C(=O)[C@H](CC2CCC(C(F)(F)F)CC2)N2CC/C=C\C[C@@H](C2=O)N(C)C(=O)CN(C)C1=O. The summed E-state index contributed by atoms with van der Waals surface area (Å²) in [6, 6.07) is -12.7. The van der Waals surface area contributed by atoms with Crippen LogP contribution in [0.25, 0.3) is 0 Å². The van der Waals surface area contributed by atoms with Crippen LogP contribution >= 0.6 is 0 Å². The molecule has 8 aliphatic rings. The van der Waals surface area contributed by atoms with Crippen molar-refractivity contribution >= 4 is 70.9 Å². The molecule has 24 nitrogen and oxygen atoms in total. The third-order valence-corrected chi connectivity index (χ3v) is 25.0. The van der Waals surface area contributed by atoms with E-state index in [-0.39, 0.29) is 76.7 Å². The smallest absolute Gasteiger partial charge is 0.347 e. The summed E-state index contributed by atoms with van der Waals surface area (Å²) in [4.78, 5) is 190. The number of rotatable bonds is 11. The Morgan fingerprint density at radius 2 is 1.21 bits per heavy atom. The van der Waals surface area contributed by atoms with E-state index < -0.39 is 254 Å². The molecule has 8 rings (SSSR count). The van der Waals surface area contributed by atoms with E-state index in [4.69, 9.17) is 0 Å². The third-order valence-electron chi connectivity index (χ3n) is 25.0. The minimum Gasteiger partial charge on any atom is -0.347 e. The molecule has 12 amide bonds. The number of halogens is 10. The highest BCUT2D eigenvalue weighted by Gasteiger charge is 2.61. The van der Waals surface area contributed by atoms with E-state index in [0.29, 0.717) is 49.8 Å². The van der Waals surface area contributed by atoms with Gasteiger partial charge in [0.25, 0.3) is 5.92 Å². The second kappa shape index (κ2) is 35.8. The Labute approximate surface area is 637 Å². The molecule has 2 bridgehead atoms. The summed E-state index contributed by atoms with van der Waals surface area (Å²) in [7, 11) is 10.5. The lowest BCUT2D eigenvalue weighted by Crippen LogP contribution is -2.71. The zero-order valence-corrected chi connectivity index (χ0v) is 65.5. The summed E-state index contributed by atoms with van der Waals surface area (Å²) in [6.45, 7) is 3.60. The highest BCUT2D eigenvalue weighted by atomic mass is 19.4. The van der Waals surface area contributed by atoms with Crippen LogP contribution in [0, 0.1) is 46.8 Å². The first-order valence-electron chi connectivity index (χ1n) is 38.9. The summed E-state index contributed by atoms with van der Waals surface area (Å²) in [6.07, 6.45) is -13.7. The van der Waals surface area contributed by atoms with E-state index in [1.807, 2.05) is 0 Å². The molecule has 5 saturated carbocycles. The normalized spacial score (nSPS) is 32.7. The highest BCUT2D eigenvalue weighted by molar-refractivity contribution is 6.01. The first-order valence-corrected chi connectivity index (χ1v) is 38.9. The molecule has 0 aromatic heterocycles. The summed E-state index contributed by atoms with van der Waals surface area (Å²) in [5, 5.41) is 7.98. The fourth-order valence-electron chi connectivity index (χ4n) is 18.2. The molecular weight excluding hydrogens is 1460 g/mol. The Morgan fingerprint density at radius 1 is 0.618 bits per heavy atom. The first kappa shape index (κ1) is 88.2. The molecule has 34 heteroatoms. The maximum absolute atomic E-state index is 16.3. The van der Waals surface area contributed by atoms with Crippen LogP contribution in [0.5, 0.6) is 0 Å². The van der Waals surface area contributed by atoms with E-state index in [2.05, 4.69) is 16.0 Å². The number of nitrogens with zero attached hydrogens (tertiary/aromatic N) is 9. The number of carbonyl (C=O) groups excluding carboxylic acids is 12. The van der Waals surface area contributed by atoms with E-state index >= 15 is 55.9 Å². The topological polar surface area (TPSA) is 270 Å². The molecule has 11 atom stereocenters. The van der Waals surface area contributed by atoms with Crippen molar-refractivity contribution in [2.75, 3.05) is 82.6 Å². The van der Waals surface area contributed by atoms with Crippen LogP contribution in [0.4, 0.5) is 43.9 Å². The average molecular weight is 1580 g/mol. The van der Waals surface area contributed by atoms with Crippen LogP contribution < -0.4 is 16.0 Å². The molecule has 5 aliphatic carbocycles. The van der Waals surface area contributed by atoms with Gasteiger partial charge in [0, 0.05) is 69.3 Å². The number of hydrogen-bond acceptors (Lipinski definition) is 12. The number of fused-ring (bicyclic) bond motifs is 3. The van der Waals surface area contributed by atoms with Crippen molar-refractivity contribution in [3.8, 4) is 0 Å². The lowest BCUT2D eigenvalue weighted by molar-refractivity contribution is -0.219. The molecule has 2 saturated heterocycles. The van der Waals surface area contributed by atoms with Crippen LogP contribution in [0.1, 0.15) is 182 Å². The number of likely N-dealkylation sites (N-methyl/N-ethyl adjacent to an activating group) is 7. The number of carbonyl (C=O) groups is 12. The fraction of sp³-hybridized carbons (Fsp3) is 0.816. The van der Waals surface area contributed by atoms with Gasteiger partial charge >= 0.3 is 12.4 Å². The second-order valence-electron chi connectivity index (χ2n) is 33.9. The maximum Gasteiger partial charge on any atom is 0.397 e. The number of nitrogens with one attached hydrogen (secondary N) is 3. The summed E-state index contributed by atoms with van der Waals surface area (Å²) in [5.41, 5.74) is -2.71. The van der Waals surface area contributed by atoms with Crippen molar-refractivity contribution in [1.82, 2.24) is 60.0 Å². The van der Waals surface area contributed by atoms with E-state index in [0.717, 1.165) is 38.0 Å². The molecule has 3 aliphatic heterocycles. The molecule has 3 N–H and O–H groups in total. The second-order valence-corrected chi connectivity index (χ2v) is 33.9. The van der Waals surface area contributed by atoms with Crippen LogP contribution in [-0.4, -0.2) is 282 Å². The fourth-order valence-corrected chi connectivity index (χ4v) is 18.2. The van der Waals surface area contributed by atoms with Gasteiger partial charge in [-0.05, 0) is 138 Å². The van der Waals surface area contributed by atoms with Gasteiger partial charge in [-0.25, -0.2) is 17.6 Å². The Hall–Kier alpha value is -7.32. The van der Waals surface area contributed by atoms with Crippen molar-refractivity contribution in [3.63, 3.8) is 0 Å². The number of amides is 12. The lowest BCUT2D eigenvalue weighted by atomic mass is 9.58. The number of alkyl halides is 10. The summed E-state index contributed by atoms with van der Waals surface area (Å²) >= 11 is 0. The average Bonchev–Trinajstić information content (AvgIpc) is 1.01. The van der Waals surface area contributed by atoms with Gasteiger partial charge in [-0.3, -0.25) is 57.5 Å². The van der Waals surface area contributed by atoms with Gasteiger partial charge in [0.15, 0.2) is 0 Å². The predicted molar refractivity (Wildman–Crippen MR) is 382 cm³/mol. The zero-order chi connectivity index (χ0) is 81.8. The van der Waals surface area contributed by atoms with Crippen molar-refractivity contribution < 1.29 is 101 Å². The third kappa shape index (κ3) is 20.7. The molecule has 1 spiro atoms. The summed E-state index contributed by atoms with van der Waals surface area (Å²) < 4.78 is 148. The van der Waals surface area contributed by atoms with Crippen LogP contribution in [0.2, 0.25) is 0 Å². The van der Waals surface area contributed by atoms with Crippen molar-refractivity contribution in [1.29, 1.82) is 0 Å². The molecule has 7 fully saturated rings. The van der Waals surface area contributed by atoms with Crippen molar-refractivity contribution in [2.24, 2.45) is 46.8 Å². The largest absolute Gasteiger partial charge is 0.397 e. The van der Waals surface area contributed by atoms with E-state index in [9.17, 15) is 45.5 Å². The van der Waals surface area contributed by atoms with Crippen LogP contribution in [0.3, 0.4) is 0 Å². The van der Waals surface area contributed by atoms with Gasteiger partial charge in [-0.15, -0.1) is 0 Å². The molecule has 2 unspecified atom stereocenters. The monoisotopic (exact) mass is 1580 g/mol. The molecule has 110 heavy (non-hydrogen) atoms. The van der Waals surface area contributed by atoms with Crippen molar-refractivity contribution in [2.45, 2.75) is 266 Å². The summed E-state index contributed by atoms with van der Waals surface area (Å²) in [5.74, 6) is -22.6. The Kier molecular flexibility index (Phi) is 28.7. The lowest BCUT2D eigenvalue weighted by Gasteiger charge is -2.54. The van der Waals surface area contributed by atoms with E-state index in [1.165, 1.54) is 64.0 Å². The Bertz CT molecular complexity index is 3380. The van der Waals surface area contributed by atoms with Gasteiger partial charge in [-0.2, -0.15) is 26.3 Å². The molecule has 0 aromatic rings. The maximum atomic E-state index is 16.3. The van der Waals surface area contributed by atoms with Gasteiger partial charge in [0.05, 0.1) is 32.0 Å². The molecular formula is C76H114F10N12O12. The molecule has 3 heterocycles. The highest BCUT2D eigenvalue weighted by Crippen LogP contribution is 2.51. The first-order chi connectivity index (χ1) is 51.2. The van der Waals surface area contributed by atoms with Crippen molar-refractivity contribution in [3.05, 3.63) is 12.2 Å². The minimum atomic E-state index is -5.28.